The fourth-order valence-corrected chi connectivity index (χ4v) is 9.03. The van der Waals surface area contributed by atoms with Crippen LogP contribution >= 0.6 is 0 Å². The van der Waals surface area contributed by atoms with E-state index in [-0.39, 0.29) is 44.5 Å². The van der Waals surface area contributed by atoms with Crippen molar-refractivity contribution in [2.24, 2.45) is 5.92 Å². The third-order valence-corrected chi connectivity index (χ3v) is 10.1. The number of carboxylic acid groups (broad SMARTS) is 1. The van der Waals surface area contributed by atoms with Gasteiger partial charge in [0.15, 0.2) is 0 Å². The van der Waals surface area contributed by atoms with Gasteiger partial charge < -0.3 is 9.84 Å². The summed E-state index contributed by atoms with van der Waals surface area (Å²) in [5.74, 6) is -7.87. The SMILES string of the molecule is CC(=O)OC(C(F)(F)F)C12c3ccccc3C(c3ccccc31)C1(C(CC(=O)O)C(F)(F)F)c3ccccc3C2c2ccccc21. The molecular weight excluding hydrogens is 610 g/mol. The number of hydrogen-bond acceptors (Lipinski definition) is 3. The molecule has 4 aromatic rings. The van der Waals surface area contributed by atoms with Crippen LogP contribution in [0.3, 0.4) is 0 Å². The van der Waals surface area contributed by atoms with Crippen molar-refractivity contribution in [2.45, 2.75) is 54.5 Å². The molecule has 2 atom stereocenters. The predicted octanol–water partition coefficient (Wildman–Crippen LogP) is 8.01. The minimum Gasteiger partial charge on any atom is -0.481 e. The fourth-order valence-electron chi connectivity index (χ4n) is 9.03. The Morgan fingerprint density at radius 1 is 0.652 bits per heavy atom. The summed E-state index contributed by atoms with van der Waals surface area (Å²) >= 11 is 0. The number of aliphatic carboxylic acids is 1. The van der Waals surface area contributed by atoms with Gasteiger partial charge in [0.1, 0.15) is 0 Å². The summed E-state index contributed by atoms with van der Waals surface area (Å²) in [5, 5.41) is 10.00. The van der Waals surface area contributed by atoms with E-state index in [1.165, 1.54) is 72.8 Å². The van der Waals surface area contributed by atoms with E-state index in [1.807, 2.05) is 0 Å². The zero-order valence-electron chi connectivity index (χ0n) is 24.2. The highest BCUT2D eigenvalue weighted by molar-refractivity contribution is 5.76. The van der Waals surface area contributed by atoms with E-state index >= 15 is 26.3 Å². The molecule has 1 N–H and O–H groups in total. The molecule has 0 amide bonds. The van der Waals surface area contributed by atoms with Gasteiger partial charge in [-0.3, -0.25) is 9.59 Å². The van der Waals surface area contributed by atoms with Crippen molar-refractivity contribution in [3.05, 3.63) is 142 Å². The molecule has 0 radical (unpaired) electrons. The van der Waals surface area contributed by atoms with Crippen LogP contribution in [-0.2, 0) is 25.2 Å². The third kappa shape index (κ3) is 3.82. The van der Waals surface area contributed by atoms with Crippen LogP contribution in [0.5, 0.6) is 0 Å². The number of carbonyl (C=O) groups excluding carboxylic acids is 1. The summed E-state index contributed by atoms with van der Waals surface area (Å²) in [7, 11) is 0. The maximum absolute atomic E-state index is 15.6. The van der Waals surface area contributed by atoms with E-state index in [2.05, 4.69) is 0 Å². The molecular formula is C36H26F6O4. The second-order valence-corrected chi connectivity index (χ2v) is 12.2. The molecule has 4 aromatic carbocycles. The fraction of sp³-hybridized carbons (Fsp3) is 0.278. The van der Waals surface area contributed by atoms with Crippen molar-refractivity contribution < 1.29 is 45.8 Å². The molecule has 2 unspecified atom stereocenters. The molecule has 0 spiro atoms. The molecule has 4 nitrogen and oxygen atoms in total. The summed E-state index contributed by atoms with van der Waals surface area (Å²) in [6.07, 6.45) is -14.2. The van der Waals surface area contributed by atoms with Crippen molar-refractivity contribution in [1.82, 2.24) is 0 Å². The standard InChI is InChI=1S/C36H26F6O4/c1-19(43)46-32(36(40,41)42)34-26-16-8-4-12-22(26)30(23-13-5-9-17-27(23)34)33(28(18-29(44)45)35(37,38)39)24-14-6-2-10-20(24)31(34)21-11-3-7-15-25(21)33/h2-17,28,30-32H,18H2,1H3,(H,44,45). The number of halogens is 6. The maximum Gasteiger partial charge on any atom is 0.426 e. The molecule has 0 saturated heterocycles. The van der Waals surface area contributed by atoms with Crippen molar-refractivity contribution in [3.63, 3.8) is 0 Å². The number of alkyl halides is 6. The first-order valence-electron chi connectivity index (χ1n) is 14.7. The van der Waals surface area contributed by atoms with E-state index < -0.39 is 65.4 Å². The van der Waals surface area contributed by atoms with E-state index in [0.29, 0.717) is 0 Å². The van der Waals surface area contributed by atoms with Crippen molar-refractivity contribution >= 4 is 11.9 Å². The third-order valence-electron chi connectivity index (χ3n) is 10.1. The summed E-state index contributed by atoms with van der Waals surface area (Å²) in [6, 6.07) is 24.3. The average molecular weight is 637 g/mol. The van der Waals surface area contributed by atoms with Gasteiger partial charge >= 0.3 is 24.3 Å². The Kier molecular flexibility index (Phi) is 6.50. The molecule has 0 aliphatic heterocycles. The van der Waals surface area contributed by atoms with Gasteiger partial charge in [-0.05, 0) is 44.5 Å². The van der Waals surface area contributed by atoms with Gasteiger partial charge in [0.25, 0.3) is 0 Å². The molecule has 10 rings (SSSR count). The molecule has 10 heteroatoms. The second-order valence-electron chi connectivity index (χ2n) is 12.2. The number of carboxylic acids is 1. The Labute approximate surface area is 259 Å². The first kappa shape index (κ1) is 30.1. The van der Waals surface area contributed by atoms with E-state index in [4.69, 9.17) is 4.74 Å². The van der Waals surface area contributed by atoms with Gasteiger partial charge in [-0.15, -0.1) is 0 Å². The van der Waals surface area contributed by atoms with Crippen LogP contribution in [0.25, 0.3) is 0 Å². The van der Waals surface area contributed by atoms with Gasteiger partial charge in [0, 0.05) is 24.2 Å². The molecule has 4 bridgehead atoms. The number of carbonyl (C=O) groups is 2. The predicted molar refractivity (Wildman–Crippen MR) is 154 cm³/mol. The lowest BCUT2D eigenvalue weighted by atomic mass is 9.39. The van der Waals surface area contributed by atoms with Gasteiger partial charge in [-0.2, -0.15) is 26.3 Å². The first-order valence-corrected chi connectivity index (χ1v) is 14.7. The maximum atomic E-state index is 15.6. The molecule has 0 fully saturated rings. The zero-order chi connectivity index (χ0) is 32.8. The Bertz CT molecular complexity index is 1660. The molecule has 0 aromatic heterocycles. The molecule has 0 saturated carbocycles. The summed E-state index contributed by atoms with van der Waals surface area (Å²) in [4.78, 5) is 24.9. The minimum absolute atomic E-state index is 0.0805. The largest absolute Gasteiger partial charge is 0.481 e. The number of ether oxygens (including phenoxy) is 1. The lowest BCUT2D eigenvalue weighted by Crippen LogP contribution is -2.63. The van der Waals surface area contributed by atoms with E-state index in [1.54, 1.807) is 24.3 Å². The second kappa shape index (κ2) is 9.95. The summed E-state index contributed by atoms with van der Waals surface area (Å²) in [5.41, 5.74) is -3.15. The highest BCUT2D eigenvalue weighted by Crippen LogP contribution is 2.73. The molecule has 236 valence electrons. The number of rotatable bonds is 5. The first-order chi connectivity index (χ1) is 21.8. The van der Waals surface area contributed by atoms with Crippen molar-refractivity contribution in [2.75, 3.05) is 0 Å². The van der Waals surface area contributed by atoms with E-state index in [0.717, 1.165) is 6.92 Å². The zero-order valence-corrected chi connectivity index (χ0v) is 24.2. The molecule has 6 aliphatic carbocycles. The Balaban J connectivity index is 1.79. The van der Waals surface area contributed by atoms with Crippen LogP contribution in [0.1, 0.15) is 69.7 Å². The Morgan fingerprint density at radius 3 is 1.33 bits per heavy atom. The number of esters is 1. The van der Waals surface area contributed by atoms with Crippen LogP contribution in [0, 0.1) is 5.92 Å². The van der Waals surface area contributed by atoms with Crippen molar-refractivity contribution in [1.29, 1.82) is 0 Å². The molecule has 0 heterocycles. The molecule has 6 aliphatic rings. The van der Waals surface area contributed by atoms with Gasteiger partial charge in [-0.1, -0.05) is 97.1 Å². The summed E-state index contributed by atoms with van der Waals surface area (Å²) < 4.78 is 99.1. The normalized spacial score (nSPS) is 25.2. The van der Waals surface area contributed by atoms with Crippen LogP contribution in [-0.4, -0.2) is 35.5 Å². The smallest absolute Gasteiger partial charge is 0.426 e. The lowest BCUT2D eigenvalue weighted by Gasteiger charge is -2.63. The Morgan fingerprint density at radius 2 is 1.00 bits per heavy atom. The van der Waals surface area contributed by atoms with Crippen LogP contribution in [0.15, 0.2) is 97.1 Å². The van der Waals surface area contributed by atoms with Gasteiger partial charge in [0.2, 0.25) is 6.10 Å². The highest BCUT2D eigenvalue weighted by Gasteiger charge is 2.72. The van der Waals surface area contributed by atoms with Crippen LogP contribution in [0.2, 0.25) is 0 Å². The topological polar surface area (TPSA) is 63.6 Å². The van der Waals surface area contributed by atoms with Crippen LogP contribution in [0.4, 0.5) is 26.3 Å². The van der Waals surface area contributed by atoms with Crippen LogP contribution < -0.4 is 0 Å². The van der Waals surface area contributed by atoms with Gasteiger partial charge in [0.05, 0.1) is 17.8 Å². The van der Waals surface area contributed by atoms with Crippen molar-refractivity contribution in [3.8, 4) is 0 Å². The Hall–Kier alpha value is -4.60. The quantitative estimate of drug-likeness (QED) is 0.178. The number of benzene rings is 4. The lowest BCUT2D eigenvalue weighted by molar-refractivity contribution is -0.237. The van der Waals surface area contributed by atoms with E-state index in [9.17, 15) is 14.7 Å². The molecule has 46 heavy (non-hydrogen) atoms. The number of hydrogen-bond donors (Lipinski definition) is 1. The highest BCUT2D eigenvalue weighted by atomic mass is 19.4. The minimum atomic E-state index is -5.12. The average Bonchev–Trinajstić information content (AvgIpc) is 2.99. The van der Waals surface area contributed by atoms with Gasteiger partial charge in [-0.25, -0.2) is 0 Å². The monoisotopic (exact) mass is 636 g/mol. The summed E-state index contributed by atoms with van der Waals surface area (Å²) in [6.45, 7) is 0.898.